The standard InChI is InChI=1S/C16H22N2O2/c1-5-7-14-17-13-9-6-8-12(16(19)20)15(13)18(14)11(4)10(2)3/h6,8-11H,5,7H2,1-4H3,(H,19,20). The molecule has 0 spiro atoms. The van der Waals surface area contributed by atoms with Crippen LogP contribution in [0.1, 0.15) is 56.3 Å². The van der Waals surface area contributed by atoms with Crippen LogP contribution in [0.15, 0.2) is 18.2 Å². The van der Waals surface area contributed by atoms with Crippen LogP contribution < -0.4 is 0 Å². The van der Waals surface area contributed by atoms with Crippen LogP contribution in [0.2, 0.25) is 0 Å². The number of para-hydroxylation sites is 1. The summed E-state index contributed by atoms with van der Waals surface area (Å²) in [5.74, 6) is 0.512. The van der Waals surface area contributed by atoms with Gasteiger partial charge >= 0.3 is 5.97 Å². The van der Waals surface area contributed by atoms with Crippen molar-refractivity contribution in [1.29, 1.82) is 0 Å². The quantitative estimate of drug-likeness (QED) is 0.899. The Labute approximate surface area is 119 Å². The minimum atomic E-state index is -0.893. The molecule has 0 aliphatic carbocycles. The lowest BCUT2D eigenvalue weighted by atomic mass is 10.0. The molecule has 1 aromatic carbocycles. The molecule has 1 N–H and O–H groups in total. The molecule has 0 amide bonds. The average molecular weight is 274 g/mol. The Morgan fingerprint density at radius 1 is 1.35 bits per heavy atom. The lowest BCUT2D eigenvalue weighted by Gasteiger charge is -2.21. The Bertz CT molecular complexity index is 629. The third-order valence-corrected chi connectivity index (χ3v) is 3.86. The van der Waals surface area contributed by atoms with Crippen LogP contribution in [0.3, 0.4) is 0 Å². The third kappa shape index (κ3) is 2.42. The Balaban J connectivity index is 2.77. The molecule has 1 atom stereocenters. The molecule has 108 valence electrons. The molecule has 0 saturated heterocycles. The van der Waals surface area contributed by atoms with Gasteiger partial charge in [0.25, 0.3) is 0 Å². The number of aryl methyl sites for hydroxylation is 1. The maximum atomic E-state index is 11.5. The Morgan fingerprint density at radius 3 is 2.60 bits per heavy atom. The summed E-state index contributed by atoms with van der Waals surface area (Å²) in [6.45, 7) is 8.54. The maximum absolute atomic E-state index is 11.5. The molecule has 4 nitrogen and oxygen atoms in total. The smallest absolute Gasteiger partial charge is 0.337 e. The number of carboxylic acid groups (broad SMARTS) is 1. The monoisotopic (exact) mass is 274 g/mol. The van der Waals surface area contributed by atoms with Gasteiger partial charge in [0.2, 0.25) is 0 Å². The molecule has 0 fully saturated rings. The largest absolute Gasteiger partial charge is 0.478 e. The number of imidazole rings is 1. The Hall–Kier alpha value is -1.84. The van der Waals surface area contributed by atoms with Gasteiger partial charge < -0.3 is 9.67 Å². The zero-order chi connectivity index (χ0) is 14.9. The number of hydrogen-bond acceptors (Lipinski definition) is 2. The van der Waals surface area contributed by atoms with Gasteiger partial charge in [-0.2, -0.15) is 0 Å². The summed E-state index contributed by atoms with van der Waals surface area (Å²) >= 11 is 0. The van der Waals surface area contributed by atoms with Crippen molar-refractivity contribution < 1.29 is 9.90 Å². The Kier molecular flexibility index (Phi) is 4.12. The van der Waals surface area contributed by atoms with Gasteiger partial charge in [0, 0.05) is 12.5 Å². The maximum Gasteiger partial charge on any atom is 0.337 e. The number of nitrogens with zero attached hydrogens (tertiary/aromatic N) is 2. The van der Waals surface area contributed by atoms with Crippen molar-refractivity contribution in [1.82, 2.24) is 9.55 Å². The molecule has 0 bridgehead atoms. The van der Waals surface area contributed by atoms with E-state index in [9.17, 15) is 9.90 Å². The highest BCUT2D eigenvalue weighted by atomic mass is 16.4. The van der Waals surface area contributed by atoms with Crippen LogP contribution in [-0.2, 0) is 6.42 Å². The molecule has 0 saturated carbocycles. The fourth-order valence-corrected chi connectivity index (χ4v) is 2.51. The van der Waals surface area contributed by atoms with E-state index in [1.807, 2.05) is 6.07 Å². The number of fused-ring (bicyclic) bond motifs is 1. The molecule has 4 heteroatoms. The second-order valence-corrected chi connectivity index (χ2v) is 5.61. The minimum Gasteiger partial charge on any atom is -0.478 e. The van der Waals surface area contributed by atoms with Crippen molar-refractivity contribution in [2.24, 2.45) is 5.92 Å². The first kappa shape index (κ1) is 14.6. The molecule has 0 aliphatic heterocycles. The molecule has 2 aromatic rings. The summed E-state index contributed by atoms with van der Waals surface area (Å²) in [5.41, 5.74) is 1.87. The number of aromatic carboxylic acids is 1. The fourth-order valence-electron chi connectivity index (χ4n) is 2.51. The molecule has 1 unspecified atom stereocenters. The van der Waals surface area contributed by atoms with Gasteiger partial charge in [-0.05, 0) is 31.4 Å². The molecule has 2 rings (SSSR count). The number of benzene rings is 1. The summed E-state index contributed by atoms with van der Waals surface area (Å²) < 4.78 is 2.12. The summed E-state index contributed by atoms with van der Waals surface area (Å²) in [4.78, 5) is 16.1. The highest BCUT2D eigenvalue weighted by Gasteiger charge is 2.21. The van der Waals surface area contributed by atoms with Crippen LogP contribution in [0.4, 0.5) is 0 Å². The molecule has 0 aliphatic rings. The van der Waals surface area contributed by atoms with Crippen molar-refractivity contribution >= 4 is 17.0 Å². The van der Waals surface area contributed by atoms with E-state index in [0.717, 1.165) is 29.7 Å². The highest BCUT2D eigenvalue weighted by Crippen LogP contribution is 2.28. The number of hydrogen-bond donors (Lipinski definition) is 1. The molecular weight excluding hydrogens is 252 g/mol. The third-order valence-electron chi connectivity index (χ3n) is 3.86. The molecule has 1 heterocycles. The Morgan fingerprint density at radius 2 is 2.05 bits per heavy atom. The van der Waals surface area contributed by atoms with Crippen LogP contribution >= 0.6 is 0 Å². The second kappa shape index (κ2) is 5.65. The van der Waals surface area contributed by atoms with Crippen molar-refractivity contribution in [2.45, 2.75) is 46.6 Å². The number of rotatable bonds is 5. The van der Waals surface area contributed by atoms with Crippen LogP contribution in [0, 0.1) is 5.92 Å². The topological polar surface area (TPSA) is 55.1 Å². The van der Waals surface area contributed by atoms with Crippen LogP contribution in [0.5, 0.6) is 0 Å². The predicted octanol–water partition coefficient (Wildman–Crippen LogP) is 3.90. The van der Waals surface area contributed by atoms with E-state index in [1.165, 1.54) is 0 Å². The van der Waals surface area contributed by atoms with Gasteiger partial charge in [-0.15, -0.1) is 0 Å². The van der Waals surface area contributed by atoms with Gasteiger partial charge in [0.1, 0.15) is 5.82 Å². The molecular formula is C16H22N2O2. The number of carboxylic acids is 1. The normalized spacial score (nSPS) is 13.1. The fraction of sp³-hybridized carbons (Fsp3) is 0.500. The zero-order valence-electron chi connectivity index (χ0n) is 12.6. The van der Waals surface area contributed by atoms with E-state index < -0.39 is 5.97 Å². The first-order valence-corrected chi connectivity index (χ1v) is 7.20. The van der Waals surface area contributed by atoms with Crippen molar-refractivity contribution in [3.63, 3.8) is 0 Å². The van der Waals surface area contributed by atoms with Crippen molar-refractivity contribution in [2.75, 3.05) is 0 Å². The SMILES string of the molecule is CCCc1nc2cccc(C(=O)O)c2n1C(C)C(C)C. The van der Waals surface area contributed by atoms with E-state index in [-0.39, 0.29) is 6.04 Å². The summed E-state index contributed by atoms with van der Waals surface area (Å²) in [6, 6.07) is 5.54. The van der Waals surface area contributed by atoms with Gasteiger partial charge in [-0.1, -0.05) is 26.8 Å². The second-order valence-electron chi connectivity index (χ2n) is 5.61. The highest BCUT2D eigenvalue weighted by molar-refractivity contribution is 6.01. The van der Waals surface area contributed by atoms with Crippen molar-refractivity contribution in [3.05, 3.63) is 29.6 Å². The van der Waals surface area contributed by atoms with Crippen molar-refractivity contribution in [3.8, 4) is 0 Å². The van der Waals surface area contributed by atoms with E-state index in [4.69, 9.17) is 0 Å². The van der Waals surface area contributed by atoms with E-state index in [0.29, 0.717) is 11.5 Å². The number of carbonyl (C=O) groups is 1. The van der Waals surface area contributed by atoms with Gasteiger partial charge in [-0.3, -0.25) is 0 Å². The van der Waals surface area contributed by atoms with E-state index >= 15 is 0 Å². The first-order chi connectivity index (χ1) is 9.47. The summed E-state index contributed by atoms with van der Waals surface area (Å²) in [5, 5.41) is 9.43. The lowest BCUT2D eigenvalue weighted by molar-refractivity contribution is 0.0698. The minimum absolute atomic E-state index is 0.224. The van der Waals surface area contributed by atoms with Gasteiger partial charge in [0.05, 0.1) is 16.6 Å². The number of aromatic nitrogens is 2. The summed E-state index contributed by atoms with van der Waals surface area (Å²) in [6.07, 6.45) is 1.86. The zero-order valence-corrected chi connectivity index (χ0v) is 12.6. The van der Waals surface area contributed by atoms with Gasteiger partial charge in [-0.25, -0.2) is 9.78 Å². The predicted molar refractivity (Wildman–Crippen MR) is 80.2 cm³/mol. The van der Waals surface area contributed by atoms with Crippen LogP contribution in [-0.4, -0.2) is 20.6 Å². The lowest BCUT2D eigenvalue weighted by Crippen LogP contribution is -2.16. The van der Waals surface area contributed by atoms with Gasteiger partial charge in [0.15, 0.2) is 0 Å². The van der Waals surface area contributed by atoms with E-state index in [2.05, 4.69) is 37.2 Å². The average Bonchev–Trinajstić information content (AvgIpc) is 2.75. The van der Waals surface area contributed by atoms with Crippen LogP contribution in [0.25, 0.3) is 11.0 Å². The molecule has 20 heavy (non-hydrogen) atoms. The molecule has 1 aromatic heterocycles. The molecule has 0 radical (unpaired) electrons. The van der Waals surface area contributed by atoms with E-state index in [1.54, 1.807) is 12.1 Å². The summed E-state index contributed by atoms with van der Waals surface area (Å²) in [7, 11) is 0. The first-order valence-electron chi connectivity index (χ1n) is 7.20.